The van der Waals surface area contributed by atoms with Crippen molar-refractivity contribution in [2.45, 2.75) is 38.6 Å². The van der Waals surface area contributed by atoms with Crippen LogP contribution >= 0.6 is 0 Å². The van der Waals surface area contributed by atoms with Crippen LogP contribution in [0.3, 0.4) is 0 Å². The van der Waals surface area contributed by atoms with Crippen molar-refractivity contribution in [2.75, 3.05) is 11.9 Å². The average Bonchev–Trinajstić information content (AvgIpc) is 2.58. The number of anilines is 1. The highest BCUT2D eigenvalue weighted by Gasteiger charge is 2.23. The summed E-state index contributed by atoms with van der Waals surface area (Å²) >= 11 is 0. The molecule has 0 spiro atoms. The number of rotatable bonds is 7. The van der Waals surface area contributed by atoms with Gasteiger partial charge in [-0.05, 0) is 63.1 Å². The zero-order valence-electron chi connectivity index (χ0n) is 15.4. The molecular weight excluding hydrogens is 352 g/mol. The molecular formula is C19H24N2O4S. The molecule has 0 bridgehead atoms. The van der Waals surface area contributed by atoms with Crippen LogP contribution in [0.15, 0.2) is 47.4 Å². The molecule has 0 saturated carbocycles. The third kappa shape index (κ3) is 4.83. The number of nitrogens with one attached hydrogen (secondary N) is 2. The van der Waals surface area contributed by atoms with Gasteiger partial charge in [-0.1, -0.05) is 18.2 Å². The molecule has 1 atom stereocenters. The molecule has 0 saturated heterocycles. The van der Waals surface area contributed by atoms with Crippen molar-refractivity contribution in [3.8, 4) is 5.75 Å². The maximum absolute atomic E-state index is 12.6. The van der Waals surface area contributed by atoms with E-state index in [0.29, 0.717) is 23.6 Å². The molecule has 2 rings (SSSR count). The van der Waals surface area contributed by atoms with E-state index in [9.17, 15) is 13.2 Å². The zero-order chi connectivity index (χ0) is 19.3. The Bertz CT molecular complexity index is 894. The van der Waals surface area contributed by atoms with Gasteiger partial charge >= 0.3 is 0 Å². The summed E-state index contributed by atoms with van der Waals surface area (Å²) < 4.78 is 32.9. The summed E-state index contributed by atoms with van der Waals surface area (Å²) in [6.07, 6.45) is 0. The summed E-state index contributed by atoms with van der Waals surface area (Å²) in [4.78, 5) is 12.4. The van der Waals surface area contributed by atoms with Gasteiger partial charge in [-0.3, -0.25) is 4.79 Å². The smallest absolute Gasteiger partial charge is 0.242 e. The zero-order valence-corrected chi connectivity index (χ0v) is 16.2. The maximum atomic E-state index is 12.6. The number of aryl methyl sites for hydroxylation is 2. The molecule has 26 heavy (non-hydrogen) atoms. The molecule has 0 unspecified atom stereocenters. The fraction of sp³-hybridized carbons (Fsp3) is 0.316. The van der Waals surface area contributed by atoms with Crippen LogP contribution in [0.25, 0.3) is 0 Å². The lowest BCUT2D eigenvalue weighted by molar-refractivity contribution is -0.117. The van der Waals surface area contributed by atoms with Crippen LogP contribution in [-0.2, 0) is 14.8 Å². The first-order valence-corrected chi connectivity index (χ1v) is 9.85. The van der Waals surface area contributed by atoms with E-state index in [2.05, 4.69) is 10.0 Å². The van der Waals surface area contributed by atoms with Gasteiger partial charge in [-0.2, -0.15) is 4.72 Å². The van der Waals surface area contributed by atoms with E-state index in [4.69, 9.17) is 4.74 Å². The lowest BCUT2D eigenvalue weighted by Crippen LogP contribution is -2.41. The van der Waals surface area contributed by atoms with Gasteiger partial charge in [-0.25, -0.2) is 8.42 Å². The highest BCUT2D eigenvalue weighted by Crippen LogP contribution is 2.22. The predicted molar refractivity (Wildman–Crippen MR) is 102 cm³/mol. The van der Waals surface area contributed by atoms with Gasteiger partial charge in [0.2, 0.25) is 15.9 Å². The fourth-order valence-electron chi connectivity index (χ4n) is 2.41. The van der Waals surface area contributed by atoms with Gasteiger partial charge in [0, 0.05) is 5.69 Å². The van der Waals surface area contributed by atoms with Crippen LogP contribution in [0.1, 0.15) is 25.0 Å². The first kappa shape index (κ1) is 19.9. The van der Waals surface area contributed by atoms with Gasteiger partial charge < -0.3 is 10.1 Å². The summed E-state index contributed by atoms with van der Waals surface area (Å²) in [6, 6.07) is 11.0. The monoisotopic (exact) mass is 376 g/mol. The minimum atomic E-state index is -3.83. The van der Waals surface area contributed by atoms with E-state index in [1.807, 2.05) is 26.0 Å². The minimum absolute atomic E-state index is 0.0917. The third-order valence-corrected chi connectivity index (χ3v) is 5.42. The molecule has 0 heterocycles. The van der Waals surface area contributed by atoms with Gasteiger partial charge in [0.15, 0.2) is 0 Å². The normalized spacial score (nSPS) is 12.5. The summed E-state index contributed by atoms with van der Waals surface area (Å²) in [6.45, 7) is 7.51. The standard InChI is InChI=1S/C19H24N2O4S/c1-5-25-18-11-10-16(12-14(18)3)26(23,24)21-15(4)19(22)20-17-9-7-6-8-13(17)2/h6-12,15,21H,5H2,1-4H3,(H,20,22)/t15-/m1/s1. The largest absolute Gasteiger partial charge is 0.494 e. The summed E-state index contributed by atoms with van der Waals surface area (Å²) in [5.41, 5.74) is 2.27. The van der Waals surface area contributed by atoms with Crippen molar-refractivity contribution in [1.82, 2.24) is 4.72 Å². The number of benzene rings is 2. The van der Waals surface area contributed by atoms with Gasteiger partial charge in [0.25, 0.3) is 0 Å². The van der Waals surface area contributed by atoms with Crippen LogP contribution in [0.2, 0.25) is 0 Å². The fourth-order valence-corrected chi connectivity index (χ4v) is 3.70. The van der Waals surface area contributed by atoms with Gasteiger partial charge in [0.1, 0.15) is 5.75 Å². The molecule has 2 aromatic rings. The van der Waals surface area contributed by atoms with Gasteiger partial charge in [-0.15, -0.1) is 0 Å². The number of hydrogen-bond donors (Lipinski definition) is 2. The maximum Gasteiger partial charge on any atom is 0.242 e. The van der Waals surface area contributed by atoms with Crippen molar-refractivity contribution in [1.29, 1.82) is 0 Å². The summed E-state index contributed by atoms with van der Waals surface area (Å²) in [5.74, 6) is 0.210. The number of para-hydroxylation sites is 1. The third-order valence-electron chi connectivity index (χ3n) is 3.88. The predicted octanol–water partition coefficient (Wildman–Crippen LogP) is 3.01. The van der Waals surface area contributed by atoms with Crippen molar-refractivity contribution < 1.29 is 17.9 Å². The van der Waals surface area contributed by atoms with Gasteiger partial charge in [0.05, 0.1) is 17.5 Å². The van der Waals surface area contributed by atoms with Crippen LogP contribution in [0.5, 0.6) is 5.75 Å². The lowest BCUT2D eigenvalue weighted by atomic mass is 10.2. The average molecular weight is 376 g/mol. The minimum Gasteiger partial charge on any atom is -0.494 e. The Morgan fingerprint density at radius 1 is 1.12 bits per heavy atom. The Morgan fingerprint density at radius 2 is 1.81 bits per heavy atom. The number of sulfonamides is 1. The second-order valence-corrected chi connectivity index (χ2v) is 7.72. The van der Waals surface area contributed by atoms with E-state index < -0.39 is 22.0 Å². The summed E-state index contributed by atoms with van der Waals surface area (Å²) in [5, 5.41) is 2.74. The first-order chi connectivity index (χ1) is 12.2. The molecule has 140 valence electrons. The second-order valence-electron chi connectivity index (χ2n) is 6.01. The Morgan fingerprint density at radius 3 is 2.42 bits per heavy atom. The van der Waals surface area contributed by atoms with Crippen molar-refractivity contribution in [3.63, 3.8) is 0 Å². The number of carbonyl (C=O) groups excluding carboxylic acids is 1. The number of hydrogen-bond acceptors (Lipinski definition) is 4. The van der Waals surface area contributed by atoms with Crippen molar-refractivity contribution >= 4 is 21.6 Å². The molecule has 6 nitrogen and oxygen atoms in total. The van der Waals surface area contributed by atoms with Crippen LogP contribution in [0.4, 0.5) is 5.69 Å². The molecule has 2 aromatic carbocycles. The summed E-state index contributed by atoms with van der Waals surface area (Å²) in [7, 11) is -3.83. The number of ether oxygens (including phenoxy) is 1. The Hall–Kier alpha value is -2.38. The quantitative estimate of drug-likeness (QED) is 0.778. The van der Waals surface area contributed by atoms with E-state index >= 15 is 0 Å². The Labute approximate surface area is 154 Å². The highest BCUT2D eigenvalue weighted by molar-refractivity contribution is 7.89. The molecule has 0 aliphatic rings. The van der Waals surface area contributed by atoms with E-state index in [0.717, 1.165) is 5.56 Å². The first-order valence-electron chi connectivity index (χ1n) is 8.37. The molecule has 0 aliphatic heterocycles. The van der Waals surface area contributed by atoms with Crippen LogP contribution < -0.4 is 14.8 Å². The van der Waals surface area contributed by atoms with Crippen molar-refractivity contribution in [3.05, 3.63) is 53.6 Å². The van der Waals surface area contributed by atoms with E-state index in [1.54, 1.807) is 25.1 Å². The molecule has 0 radical (unpaired) electrons. The second kappa shape index (κ2) is 8.33. The van der Waals surface area contributed by atoms with E-state index in [-0.39, 0.29) is 4.90 Å². The Kier molecular flexibility index (Phi) is 6.39. The lowest BCUT2D eigenvalue weighted by Gasteiger charge is -2.16. The van der Waals surface area contributed by atoms with Crippen molar-refractivity contribution in [2.24, 2.45) is 0 Å². The van der Waals surface area contributed by atoms with Crippen LogP contribution in [-0.4, -0.2) is 27.0 Å². The topological polar surface area (TPSA) is 84.5 Å². The molecule has 0 aliphatic carbocycles. The Balaban J connectivity index is 2.11. The number of carbonyl (C=O) groups is 1. The van der Waals surface area contributed by atoms with Crippen LogP contribution in [0, 0.1) is 13.8 Å². The number of amides is 1. The highest BCUT2D eigenvalue weighted by atomic mass is 32.2. The molecule has 0 aromatic heterocycles. The SMILES string of the molecule is CCOc1ccc(S(=O)(=O)N[C@H](C)C(=O)Nc2ccccc2C)cc1C. The molecule has 2 N–H and O–H groups in total. The molecule has 1 amide bonds. The molecule has 0 fully saturated rings. The molecule has 7 heteroatoms. The van der Waals surface area contributed by atoms with E-state index in [1.165, 1.54) is 19.1 Å².